The van der Waals surface area contributed by atoms with E-state index in [1.807, 2.05) is 83.3 Å². The van der Waals surface area contributed by atoms with E-state index < -0.39 is 18.1 Å². The van der Waals surface area contributed by atoms with Crippen LogP contribution < -0.4 is 5.32 Å². The van der Waals surface area contributed by atoms with Crippen LogP contribution in [0.4, 0.5) is 23.7 Å². The van der Waals surface area contributed by atoms with Crippen molar-refractivity contribution in [1.82, 2.24) is 14.5 Å². The van der Waals surface area contributed by atoms with Gasteiger partial charge in [0.1, 0.15) is 0 Å². The first kappa shape index (κ1) is 30.4. The lowest BCUT2D eigenvalue weighted by Crippen LogP contribution is -2.32. The molecule has 3 aromatic carbocycles. The Kier molecular flexibility index (Phi) is 9.10. The molecule has 0 unspecified atom stereocenters. The maximum atomic E-state index is 12.6. The molecule has 0 saturated carbocycles. The number of aliphatic carboxylic acids is 1. The number of rotatable bonds is 5. The summed E-state index contributed by atoms with van der Waals surface area (Å²) in [5, 5.41) is 21.0. The molecule has 0 spiro atoms. The lowest BCUT2D eigenvalue weighted by molar-refractivity contribution is -0.192. The molecular weight excluding hydrogens is 573 g/mol. The fraction of sp³-hybridized carbons (Fsp3) is 0.241. The van der Waals surface area contributed by atoms with Crippen molar-refractivity contribution in [2.75, 3.05) is 24.7 Å². The zero-order chi connectivity index (χ0) is 30.6. The van der Waals surface area contributed by atoms with Gasteiger partial charge in [-0.2, -0.15) is 13.2 Å². The SMILES string of the molecule is CSc1nc2ccc(NC(=O)N3CCCC3)cc2n1-c1ccc(-c2ccccc2)c(C(=O)O)c1C.O=C(O)C(F)(F)F. The van der Waals surface area contributed by atoms with E-state index in [1.54, 1.807) is 0 Å². The predicted molar refractivity (Wildman–Crippen MR) is 153 cm³/mol. The Hall–Kier alpha value is -4.52. The van der Waals surface area contributed by atoms with E-state index in [4.69, 9.17) is 14.9 Å². The Labute approximate surface area is 243 Å². The molecule has 4 aromatic rings. The van der Waals surface area contributed by atoms with Crippen molar-refractivity contribution < 1.29 is 37.8 Å². The van der Waals surface area contributed by atoms with Crippen LogP contribution in [-0.2, 0) is 4.79 Å². The molecule has 1 fully saturated rings. The molecule has 5 rings (SSSR count). The monoisotopic (exact) mass is 600 g/mol. The first-order valence-electron chi connectivity index (χ1n) is 12.8. The fourth-order valence-electron chi connectivity index (χ4n) is 4.70. The maximum absolute atomic E-state index is 12.6. The number of anilines is 1. The molecule has 1 aliphatic rings. The number of alkyl halides is 3. The van der Waals surface area contributed by atoms with E-state index in [0.717, 1.165) is 53.4 Å². The van der Waals surface area contributed by atoms with Crippen LogP contribution in [0.25, 0.3) is 27.8 Å². The van der Waals surface area contributed by atoms with Gasteiger partial charge >= 0.3 is 24.1 Å². The van der Waals surface area contributed by atoms with E-state index in [-0.39, 0.29) is 11.6 Å². The third kappa shape index (κ3) is 6.51. The van der Waals surface area contributed by atoms with E-state index in [0.29, 0.717) is 16.8 Å². The molecule has 1 saturated heterocycles. The molecule has 2 amide bonds. The molecule has 0 radical (unpaired) electrons. The van der Waals surface area contributed by atoms with E-state index in [9.17, 15) is 27.9 Å². The summed E-state index contributed by atoms with van der Waals surface area (Å²) < 4.78 is 33.7. The second-order valence-electron chi connectivity index (χ2n) is 9.37. The number of likely N-dealkylation sites (tertiary alicyclic amines) is 1. The molecule has 42 heavy (non-hydrogen) atoms. The number of nitrogens with one attached hydrogen (secondary N) is 1. The van der Waals surface area contributed by atoms with Gasteiger partial charge in [-0.1, -0.05) is 48.2 Å². The number of hydrogen-bond acceptors (Lipinski definition) is 5. The van der Waals surface area contributed by atoms with Gasteiger partial charge in [-0.15, -0.1) is 0 Å². The molecule has 1 aromatic heterocycles. The highest BCUT2D eigenvalue weighted by Crippen LogP contribution is 2.35. The summed E-state index contributed by atoms with van der Waals surface area (Å²) in [6.07, 6.45) is -1.08. The van der Waals surface area contributed by atoms with Crippen molar-refractivity contribution in [3.63, 3.8) is 0 Å². The average molecular weight is 601 g/mol. The van der Waals surface area contributed by atoms with Crippen LogP contribution >= 0.6 is 11.8 Å². The second-order valence-corrected chi connectivity index (χ2v) is 10.1. The van der Waals surface area contributed by atoms with Crippen molar-refractivity contribution >= 4 is 46.5 Å². The maximum Gasteiger partial charge on any atom is 0.490 e. The van der Waals surface area contributed by atoms with E-state index in [2.05, 4.69) is 5.32 Å². The smallest absolute Gasteiger partial charge is 0.478 e. The molecule has 3 N–H and O–H groups in total. The summed E-state index contributed by atoms with van der Waals surface area (Å²) in [6.45, 7) is 3.38. The van der Waals surface area contributed by atoms with Gasteiger partial charge in [0.2, 0.25) is 0 Å². The van der Waals surface area contributed by atoms with Crippen LogP contribution in [-0.4, -0.2) is 68.2 Å². The molecular formula is C29H27F3N4O5S. The number of fused-ring (bicyclic) bond motifs is 1. The lowest BCUT2D eigenvalue weighted by Gasteiger charge is -2.18. The number of imidazole rings is 1. The minimum atomic E-state index is -5.08. The highest BCUT2D eigenvalue weighted by Gasteiger charge is 2.38. The Balaban J connectivity index is 0.000000517. The standard InChI is InChI=1S/C27H26N4O3S.C2HF3O2/c1-17-22(13-11-20(24(17)25(32)33)18-8-4-3-5-9-18)31-23-16-19(10-12-21(23)29-27(31)35-2)28-26(34)30-14-6-7-15-30;3-2(4,5)1(6)7/h3-5,8-13,16H,6-7,14-15H2,1-2H3,(H,28,34)(H,32,33);(H,6,7). The number of thioether (sulfide) groups is 1. The Morgan fingerprint density at radius 1 is 0.976 bits per heavy atom. The number of hydrogen-bond donors (Lipinski definition) is 3. The number of carboxylic acids is 2. The van der Waals surface area contributed by atoms with Gasteiger partial charge in [0, 0.05) is 18.8 Å². The van der Waals surface area contributed by atoms with Crippen molar-refractivity contribution in [3.8, 4) is 16.8 Å². The number of carboxylic acid groups (broad SMARTS) is 2. The zero-order valence-corrected chi connectivity index (χ0v) is 23.4. The van der Waals surface area contributed by atoms with E-state index >= 15 is 0 Å². The number of carbonyl (C=O) groups excluding carboxylic acids is 1. The Bertz CT molecular complexity index is 1630. The molecule has 1 aliphatic heterocycles. The molecule has 9 nitrogen and oxygen atoms in total. The Morgan fingerprint density at radius 2 is 1.62 bits per heavy atom. The van der Waals surface area contributed by atoms with Crippen molar-refractivity contribution in [2.24, 2.45) is 0 Å². The summed E-state index contributed by atoms with van der Waals surface area (Å²) in [7, 11) is 0. The van der Waals surface area contributed by atoms with Crippen LogP contribution in [0, 0.1) is 6.92 Å². The zero-order valence-electron chi connectivity index (χ0n) is 22.6. The van der Waals surface area contributed by atoms with Crippen LogP contribution in [0.1, 0.15) is 28.8 Å². The summed E-state index contributed by atoms with van der Waals surface area (Å²) in [5.74, 6) is -3.73. The predicted octanol–water partition coefficient (Wildman–Crippen LogP) is 6.68. The molecule has 0 bridgehead atoms. The lowest BCUT2D eigenvalue weighted by atomic mass is 9.94. The number of amides is 2. The number of aromatic nitrogens is 2. The van der Waals surface area contributed by atoms with Crippen molar-refractivity contribution in [2.45, 2.75) is 31.1 Å². The number of aromatic carboxylic acids is 1. The number of nitrogens with zero attached hydrogens (tertiary/aromatic N) is 3. The third-order valence-corrected chi connectivity index (χ3v) is 7.31. The molecule has 0 atom stereocenters. The number of halogens is 3. The van der Waals surface area contributed by atoms with Crippen LogP contribution in [0.15, 0.2) is 65.8 Å². The summed E-state index contributed by atoms with van der Waals surface area (Å²) >= 11 is 1.49. The van der Waals surface area contributed by atoms with Gasteiger partial charge in [0.15, 0.2) is 5.16 Å². The van der Waals surface area contributed by atoms with Crippen LogP contribution in [0.2, 0.25) is 0 Å². The number of carbonyl (C=O) groups is 3. The molecule has 0 aliphatic carbocycles. The minimum Gasteiger partial charge on any atom is -0.478 e. The molecule has 220 valence electrons. The Morgan fingerprint density at radius 3 is 2.19 bits per heavy atom. The van der Waals surface area contributed by atoms with Crippen LogP contribution in [0.3, 0.4) is 0 Å². The largest absolute Gasteiger partial charge is 0.490 e. The van der Waals surface area contributed by atoms with Crippen molar-refractivity contribution in [3.05, 3.63) is 71.8 Å². The molecule has 13 heteroatoms. The number of urea groups is 1. The van der Waals surface area contributed by atoms with Crippen molar-refractivity contribution in [1.29, 1.82) is 0 Å². The fourth-order valence-corrected chi connectivity index (χ4v) is 5.27. The summed E-state index contributed by atoms with van der Waals surface area (Å²) in [6, 6.07) is 18.9. The molecule has 2 heterocycles. The first-order valence-corrected chi connectivity index (χ1v) is 14.0. The summed E-state index contributed by atoms with van der Waals surface area (Å²) in [4.78, 5) is 40.5. The quantitative estimate of drug-likeness (QED) is 0.218. The first-order chi connectivity index (χ1) is 19.9. The van der Waals surface area contributed by atoms with Gasteiger partial charge in [-0.05, 0) is 67.0 Å². The topological polar surface area (TPSA) is 125 Å². The minimum absolute atomic E-state index is 0.102. The van der Waals surface area contributed by atoms with E-state index in [1.165, 1.54) is 11.8 Å². The third-order valence-electron chi connectivity index (χ3n) is 6.67. The van der Waals surface area contributed by atoms with Gasteiger partial charge < -0.3 is 20.4 Å². The highest BCUT2D eigenvalue weighted by atomic mass is 32.2. The summed E-state index contributed by atoms with van der Waals surface area (Å²) in [5.41, 5.74) is 5.45. The number of benzene rings is 3. The average Bonchev–Trinajstić information content (AvgIpc) is 3.61. The van der Waals surface area contributed by atoms with Gasteiger partial charge in [-0.3, -0.25) is 4.57 Å². The highest BCUT2D eigenvalue weighted by molar-refractivity contribution is 7.98. The van der Waals surface area contributed by atoms with Crippen LogP contribution in [0.5, 0.6) is 0 Å². The normalized spacial score (nSPS) is 13.0. The second kappa shape index (κ2) is 12.6. The van der Waals surface area contributed by atoms with Gasteiger partial charge in [-0.25, -0.2) is 19.4 Å². The van der Waals surface area contributed by atoms with Gasteiger partial charge in [0.25, 0.3) is 0 Å². The van der Waals surface area contributed by atoms with Gasteiger partial charge in [0.05, 0.1) is 22.3 Å².